The van der Waals surface area contributed by atoms with Gasteiger partial charge in [0.2, 0.25) is 0 Å². The molecule has 3 rings (SSSR count). The van der Waals surface area contributed by atoms with E-state index in [0.717, 1.165) is 9.87 Å². The van der Waals surface area contributed by atoms with E-state index in [1.54, 1.807) is 45.0 Å². The molecule has 0 saturated heterocycles. The highest BCUT2D eigenvalue weighted by Crippen LogP contribution is 2.32. The summed E-state index contributed by atoms with van der Waals surface area (Å²) < 4.78 is 26.2. The molecule has 4 N–H and O–H groups in total. The van der Waals surface area contributed by atoms with E-state index in [0.29, 0.717) is 5.69 Å². The van der Waals surface area contributed by atoms with Crippen LogP contribution in [0.5, 0.6) is 0 Å². The van der Waals surface area contributed by atoms with Gasteiger partial charge in [0, 0.05) is 17.3 Å². The first-order valence-corrected chi connectivity index (χ1v) is 10.7. The number of nitrogens with two attached hydrogens (primary N) is 1. The first-order valence-electron chi connectivity index (χ1n) is 9.22. The SMILES string of the molecule is CC(NC(=O)c1ccc2c(c1)S(=O)(=O)N(C(C)C)C2=O)c1ccc(NC(N)=O)cc1. The predicted molar refractivity (Wildman–Crippen MR) is 110 cm³/mol. The summed E-state index contributed by atoms with van der Waals surface area (Å²) in [4.78, 5) is 35.8. The summed E-state index contributed by atoms with van der Waals surface area (Å²) in [5, 5.41) is 5.24. The van der Waals surface area contributed by atoms with Crippen LogP contribution >= 0.6 is 0 Å². The van der Waals surface area contributed by atoms with Gasteiger partial charge in [-0.3, -0.25) is 9.59 Å². The van der Waals surface area contributed by atoms with Gasteiger partial charge in [0.15, 0.2) is 0 Å². The molecule has 10 heteroatoms. The Labute approximate surface area is 174 Å². The van der Waals surface area contributed by atoms with E-state index in [1.165, 1.54) is 18.2 Å². The minimum Gasteiger partial charge on any atom is -0.351 e. The Bertz CT molecular complexity index is 1130. The molecule has 4 amide bonds. The molecule has 2 aromatic rings. The Morgan fingerprint density at radius 2 is 1.67 bits per heavy atom. The van der Waals surface area contributed by atoms with Crippen LogP contribution < -0.4 is 16.4 Å². The van der Waals surface area contributed by atoms with Crippen molar-refractivity contribution >= 4 is 33.6 Å². The molecular formula is C20H22N4O5S. The van der Waals surface area contributed by atoms with Crippen molar-refractivity contribution in [2.45, 2.75) is 37.8 Å². The normalized spacial score (nSPS) is 15.6. The van der Waals surface area contributed by atoms with Crippen LogP contribution in [-0.4, -0.2) is 36.6 Å². The van der Waals surface area contributed by atoms with Crippen LogP contribution in [0.15, 0.2) is 47.4 Å². The van der Waals surface area contributed by atoms with Gasteiger partial charge < -0.3 is 16.4 Å². The molecule has 0 radical (unpaired) electrons. The zero-order chi connectivity index (χ0) is 22.2. The van der Waals surface area contributed by atoms with Crippen LogP contribution in [0.25, 0.3) is 0 Å². The first kappa shape index (κ1) is 21.3. The Kier molecular flexibility index (Phi) is 5.53. The number of carbonyl (C=O) groups excluding carboxylic acids is 3. The summed E-state index contributed by atoms with van der Waals surface area (Å²) in [6.45, 7) is 4.99. The first-order chi connectivity index (χ1) is 14.0. The van der Waals surface area contributed by atoms with Crippen LogP contribution in [0, 0.1) is 0 Å². The Morgan fingerprint density at radius 1 is 1.03 bits per heavy atom. The summed E-state index contributed by atoms with van der Waals surface area (Å²) >= 11 is 0. The van der Waals surface area contributed by atoms with Crippen molar-refractivity contribution in [1.29, 1.82) is 0 Å². The smallest absolute Gasteiger partial charge is 0.316 e. The van der Waals surface area contributed by atoms with Crippen LogP contribution in [0.1, 0.15) is 53.1 Å². The number of nitrogens with one attached hydrogen (secondary N) is 2. The van der Waals surface area contributed by atoms with E-state index < -0.39 is 40.0 Å². The fourth-order valence-electron chi connectivity index (χ4n) is 3.26. The van der Waals surface area contributed by atoms with Gasteiger partial charge in [-0.1, -0.05) is 12.1 Å². The zero-order valence-corrected chi connectivity index (χ0v) is 17.5. The van der Waals surface area contributed by atoms with Gasteiger partial charge in [-0.05, 0) is 56.7 Å². The fourth-order valence-corrected chi connectivity index (χ4v) is 5.05. The standard InChI is InChI=1S/C20H22N4O5S/c1-11(2)24-19(26)16-9-6-14(10-17(16)30(24,28)29)18(25)22-12(3)13-4-7-15(8-5-13)23-20(21)27/h4-12H,1-3H3,(H,22,25)(H3,21,23,27). The lowest BCUT2D eigenvalue weighted by Gasteiger charge is -2.18. The predicted octanol–water partition coefficient (Wildman–Crippen LogP) is 2.22. The molecule has 1 heterocycles. The second kappa shape index (κ2) is 7.79. The molecule has 0 saturated carbocycles. The fraction of sp³-hybridized carbons (Fsp3) is 0.250. The molecule has 1 aliphatic heterocycles. The minimum atomic E-state index is -3.99. The third-order valence-electron chi connectivity index (χ3n) is 4.71. The molecule has 2 aromatic carbocycles. The highest BCUT2D eigenvalue weighted by molar-refractivity contribution is 7.90. The number of hydrogen-bond donors (Lipinski definition) is 3. The number of benzene rings is 2. The Morgan fingerprint density at radius 3 is 2.23 bits per heavy atom. The number of anilines is 1. The lowest BCUT2D eigenvalue weighted by atomic mass is 10.1. The molecule has 0 aliphatic carbocycles. The van der Waals surface area contributed by atoms with Gasteiger partial charge in [-0.2, -0.15) is 0 Å². The number of primary amides is 1. The molecule has 1 aliphatic rings. The van der Waals surface area contributed by atoms with Crippen molar-refractivity contribution in [2.75, 3.05) is 5.32 Å². The summed E-state index contributed by atoms with van der Waals surface area (Å²) in [5.41, 5.74) is 6.56. The molecule has 158 valence electrons. The van der Waals surface area contributed by atoms with Crippen molar-refractivity contribution in [2.24, 2.45) is 5.73 Å². The zero-order valence-electron chi connectivity index (χ0n) is 16.7. The van der Waals surface area contributed by atoms with E-state index in [-0.39, 0.29) is 16.0 Å². The summed E-state index contributed by atoms with van der Waals surface area (Å²) in [5.74, 6) is -1.07. The molecule has 0 spiro atoms. The van der Waals surface area contributed by atoms with E-state index in [9.17, 15) is 22.8 Å². The number of hydrogen-bond acceptors (Lipinski definition) is 5. The third kappa shape index (κ3) is 3.86. The molecule has 0 aromatic heterocycles. The largest absolute Gasteiger partial charge is 0.351 e. The maximum Gasteiger partial charge on any atom is 0.316 e. The molecular weight excluding hydrogens is 408 g/mol. The van der Waals surface area contributed by atoms with E-state index in [1.807, 2.05) is 0 Å². The van der Waals surface area contributed by atoms with Crippen molar-refractivity contribution in [1.82, 2.24) is 9.62 Å². The number of rotatable bonds is 5. The lowest BCUT2D eigenvalue weighted by molar-refractivity contribution is 0.0845. The summed E-state index contributed by atoms with van der Waals surface area (Å²) in [7, 11) is -3.99. The number of nitrogens with zero attached hydrogens (tertiary/aromatic N) is 1. The van der Waals surface area contributed by atoms with Gasteiger partial charge in [0.25, 0.3) is 21.8 Å². The van der Waals surface area contributed by atoms with Crippen LogP contribution in [0.3, 0.4) is 0 Å². The second-order valence-electron chi connectivity index (χ2n) is 7.22. The van der Waals surface area contributed by atoms with Crippen LogP contribution in [0.2, 0.25) is 0 Å². The number of amides is 4. The number of carbonyl (C=O) groups is 3. The molecule has 9 nitrogen and oxygen atoms in total. The van der Waals surface area contributed by atoms with Crippen molar-refractivity contribution in [3.05, 3.63) is 59.2 Å². The Hall–Kier alpha value is -3.40. The number of sulfonamides is 1. The molecule has 1 atom stereocenters. The Balaban J connectivity index is 1.80. The van der Waals surface area contributed by atoms with Gasteiger partial charge in [0.05, 0.1) is 11.6 Å². The molecule has 1 unspecified atom stereocenters. The van der Waals surface area contributed by atoms with E-state index in [2.05, 4.69) is 10.6 Å². The highest BCUT2D eigenvalue weighted by atomic mass is 32.2. The average Bonchev–Trinajstić information content (AvgIpc) is 2.87. The number of fused-ring (bicyclic) bond motifs is 1. The van der Waals surface area contributed by atoms with Gasteiger partial charge >= 0.3 is 6.03 Å². The average molecular weight is 430 g/mol. The van der Waals surface area contributed by atoms with Gasteiger partial charge in [0.1, 0.15) is 4.90 Å². The van der Waals surface area contributed by atoms with Crippen molar-refractivity contribution in [3.63, 3.8) is 0 Å². The number of urea groups is 1. The van der Waals surface area contributed by atoms with Gasteiger partial charge in [-0.15, -0.1) is 0 Å². The summed E-state index contributed by atoms with van der Waals surface area (Å²) in [6, 6.07) is 9.17. The topological polar surface area (TPSA) is 139 Å². The molecule has 0 bridgehead atoms. The second-order valence-corrected chi connectivity index (χ2v) is 9.00. The van der Waals surface area contributed by atoms with Crippen molar-refractivity contribution < 1.29 is 22.8 Å². The third-order valence-corrected chi connectivity index (χ3v) is 6.71. The molecule has 0 fully saturated rings. The van der Waals surface area contributed by atoms with Crippen molar-refractivity contribution in [3.8, 4) is 0 Å². The highest BCUT2D eigenvalue weighted by Gasteiger charge is 2.42. The maximum atomic E-state index is 12.7. The van der Waals surface area contributed by atoms with E-state index >= 15 is 0 Å². The monoisotopic (exact) mass is 430 g/mol. The summed E-state index contributed by atoms with van der Waals surface area (Å²) in [6.07, 6.45) is 0. The molecule has 30 heavy (non-hydrogen) atoms. The maximum absolute atomic E-state index is 12.7. The van der Waals surface area contributed by atoms with Crippen LogP contribution in [-0.2, 0) is 10.0 Å². The quantitative estimate of drug-likeness (QED) is 0.667. The van der Waals surface area contributed by atoms with Gasteiger partial charge in [-0.25, -0.2) is 17.5 Å². The lowest BCUT2D eigenvalue weighted by Crippen LogP contribution is -2.36. The van der Waals surface area contributed by atoms with Crippen LogP contribution in [0.4, 0.5) is 10.5 Å². The van der Waals surface area contributed by atoms with E-state index in [4.69, 9.17) is 5.73 Å². The minimum absolute atomic E-state index is 0.0610.